The lowest BCUT2D eigenvalue weighted by Gasteiger charge is -2.26. The fraction of sp³-hybridized carbons (Fsp3) is 0.643. The number of carbonyl (C=O) groups is 1. The predicted molar refractivity (Wildman–Crippen MR) is 72.3 cm³/mol. The Labute approximate surface area is 113 Å². The first kappa shape index (κ1) is 14.1. The monoisotopic (exact) mass is 266 g/mol. The van der Waals surface area contributed by atoms with Gasteiger partial charge in [-0.2, -0.15) is 0 Å². The van der Waals surface area contributed by atoms with Gasteiger partial charge in [0.15, 0.2) is 0 Å². The highest BCUT2D eigenvalue weighted by Gasteiger charge is 2.26. The number of rotatable bonds is 6. The fourth-order valence-electron chi connectivity index (χ4n) is 2.79. The molecule has 0 bridgehead atoms. The van der Waals surface area contributed by atoms with Gasteiger partial charge in [-0.3, -0.25) is 9.80 Å². The van der Waals surface area contributed by atoms with Crippen molar-refractivity contribution < 1.29 is 14.3 Å². The first-order chi connectivity index (χ1) is 9.13. The number of likely N-dealkylation sites (N-methyl/N-ethyl adjacent to an activating group) is 1. The van der Waals surface area contributed by atoms with Crippen LogP contribution in [0.25, 0.3) is 0 Å². The first-order valence-corrected chi connectivity index (χ1v) is 6.92. The topological polar surface area (TPSA) is 56.9 Å². The molecule has 106 valence electrons. The zero-order chi connectivity index (χ0) is 13.8. The van der Waals surface area contributed by atoms with Crippen LogP contribution in [0.4, 0.5) is 0 Å². The number of likely N-dealkylation sites (tertiary alicyclic amines) is 1. The van der Waals surface area contributed by atoms with Gasteiger partial charge in [-0.05, 0) is 31.6 Å². The Kier molecular flexibility index (Phi) is 4.61. The molecule has 1 fully saturated rings. The van der Waals surface area contributed by atoms with E-state index in [2.05, 4.69) is 23.6 Å². The molecule has 1 saturated heterocycles. The quantitative estimate of drug-likeness (QED) is 0.852. The fourth-order valence-corrected chi connectivity index (χ4v) is 2.79. The highest BCUT2D eigenvalue weighted by molar-refractivity contribution is 5.84. The minimum absolute atomic E-state index is 0.0227. The summed E-state index contributed by atoms with van der Waals surface area (Å²) in [4.78, 5) is 15.6. The van der Waals surface area contributed by atoms with E-state index in [1.165, 1.54) is 12.5 Å². The highest BCUT2D eigenvalue weighted by Crippen LogP contribution is 2.19. The average Bonchev–Trinajstić information content (AvgIpc) is 3.01. The normalized spacial score (nSPS) is 20.3. The molecule has 1 aliphatic rings. The number of hydrogen-bond donors (Lipinski definition) is 1. The van der Waals surface area contributed by atoms with Gasteiger partial charge in [0.25, 0.3) is 0 Å². The molecule has 0 saturated carbocycles. The molecule has 0 amide bonds. The molecule has 5 nitrogen and oxygen atoms in total. The minimum atomic E-state index is -1.01. The molecule has 0 spiro atoms. The van der Waals surface area contributed by atoms with Crippen molar-refractivity contribution in [1.82, 2.24) is 9.80 Å². The summed E-state index contributed by atoms with van der Waals surface area (Å²) in [5.74, 6) is -0.249. The minimum Gasteiger partial charge on any atom is -0.475 e. The van der Waals surface area contributed by atoms with Crippen LogP contribution in [0, 0.1) is 0 Å². The van der Waals surface area contributed by atoms with Crippen molar-refractivity contribution in [2.24, 2.45) is 0 Å². The van der Waals surface area contributed by atoms with Crippen LogP contribution in [-0.4, -0.2) is 53.1 Å². The number of furan rings is 1. The predicted octanol–water partition coefficient (Wildman–Crippen LogP) is 1.89. The van der Waals surface area contributed by atoms with Crippen molar-refractivity contribution in [3.05, 3.63) is 23.7 Å². The van der Waals surface area contributed by atoms with Crippen LogP contribution in [0.15, 0.2) is 16.5 Å². The van der Waals surface area contributed by atoms with Crippen molar-refractivity contribution in [2.75, 3.05) is 26.2 Å². The molecule has 2 rings (SSSR count). The summed E-state index contributed by atoms with van der Waals surface area (Å²) >= 11 is 0. The van der Waals surface area contributed by atoms with Crippen LogP contribution in [-0.2, 0) is 6.54 Å². The summed E-state index contributed by atoms with van der Waals surface area (Å²) < 4.78 is 5.30. The molecule has 0 aliphatic carbocycles. The van der Waals surface area contributed by atoms with Crippen LogP contribution in [0.3, 0.4) is 0 Å². The molecular weight excluding hydrogens is 244 g/mol. The Morgan fingerprint density at radius 1 is 1.47 bits per heavy atom. The van der Waals surface area contributed by atoms with E-state index in [0.29, 0.717) is 12.6 Å². The second kappa shape index (κ2) is 6.21. The van der Waals surface area contributed by atoms with Crippen molar-refractivity contribution >= 4 is 5.97 Å². The third-order valence-corrected chi connectivity index (χ3v) is 3.83. The maximum atomic E-state index is 10.8. The molecule has 1 N–H and O–H groups in total. The van der Waals surface area contributed by atoms with E-state index >= 15 is 0 Å². The first-order valence-electron chi connectivity index (χ1n) is 6.92. The summed E-state index contributed by atoms with van der Waals surface area (Å²) in [6.07, 6.45) is 1.17. The SMILES string of the molecule is CCN(CC)C1CCN(Cc2ccc(C(=O)O)o2)C1. The third kappa shape index (κ3) is 3.36. The molecule has 0 aromatic carbocycles. The van der Waals surface area contributed by atoms with E-state index in [-0.39, 0.29) is 5.76 Å². The number of hydrogen-bond acceptors (Lipinski definition) is 4. The van der Waals surface area contributed by atoms with Gasteiger partial charge >= 0.3 is 5.97 Å². The third-order valence-electron chi connectivity index (χ3n) is 3.83. The molecule has 0 radical (unpaired) electrons. The molecule has 1 aliphatic heterocycles. The molecule has 1 aromatic rings. The van der Waals surface area contributed by atoms with Crippen LogP contribution >= 0.6 is 0 Å². The smallest absolute Gasteiger partial charge is 0.371 e. The van der Waals surface area contributed by atoms with E-state index in [1.807, 2.05) is 0 Å². The lowest BCUT2D eigenvalue weighted by Crippen LogP contribution is -2.37. The Balaban J connectivity index is 1.89. The second-order valence-electron chi connectivity index (χ2n) is 4.97. The van der Waals surface area contributed by atoms with Gasteiger partial charge in [-0.25, -0.2) is 4.79 Å². The lowest BCUT2D eigenvalue weighted by molar-refractivity contribution is 0.0658. The van der Waals surface area contributed by atoms with Crippen molar-refractivity contribution in [2.45, 2.75) is 32.9 Å². The van der Waals surface area contributed by atoms with E-state index in [0.717, 1.165) is 31.9 Å². The van der Waals surface area contributed by atoms with Crippen LogP contribution in [0.5, 0.6) is 0 Å². The average molecular weight is 266 g/mol. The van der Waals surface area contributed by atoms with Gasteiger partial charge in [-0.15, -0.1) is 0 Å². The standard InChI is InChI=1S/C14H22N2O3/c1-3-16(4-2)11-7-8-15(9-11)10-12-5-6-13(19-12)14(17)18/h5-6,11H,3-4,7-10H2,1-2H3,(H,17,18). The summed E-state index contributed by atoms with van der Waals surface area (Å²) in [5, 5.41) is 8.82. The van der Waals surface area contributed by atoms with E-state index in [4.69, 9.17) is 9.52 Å². The summed E-state index contributed by atoms with van der Waals surface area (Å²) in [6.45, 7) is 9.33. The van der Waals surface area contributed by atoms with E-state index < -0.39 is 5.97 Å². The highest BCUT2D eigenvalue weighted by atomic mass is 16.4. The molecule has 1 aromatic heterocycles. The summed E-state index contributed by atoms with van der Waals surface area (Å²) in [7, 11) is 0. The lowest BCUT2D eigenvalue weighted by atomic mass is 10.2. The van der Waals surface area contributed by atoms with Gasteiger partial charge in [0, 0.05) is 19.1 Å². The zero-order valence-electron chi connectivity index (χ0n) is 11.6. The van der Waals surface area contributed by atoms with E-state index in [1.54, 1.807) is 6.07 Å². The van der Waals surface area contributed by atoms with Gasteiger partial charge in [0.2, 0.25) is 5.76 Å². The molecule has 5 heteroatoms. The van der Waals surface area contributed by atoms with Crippen LogP contribution < -0.4 is 0 Å². The molecule has 2 heterocycles. The number of carboxylic acid groups (broad SMARTS) is 1. The Morgan fingerprint density at radius 2 is 2.21 bits per heavy atom. The molecule has 1 unspecified atom stereocenters. The van der Waals surface area contributed by atoms with Crippen molar-refractivity contribution in [3.63, 3.8) is 0 Å². The van der Waals surface area contributed by atoms with Crippen molar-refractivity contribution in [1.29, 1.82) is 0 Å². The molecule has 19 heavy (non-hydrogen) atoms. The van der Waals surface area contributed by atoms with Gasteiger partial charge < -0.3 is 9.52 Å². The zero-order valence-corrected chi connectivity index (χ0v) is 11.6. The van der Waals surface area contributed by atoms with Gasteiger partial charge in [0.05, 0.1) is 6.54 Å². The summed E-state index contributed by atoms with van der Waals surface area (Å²) in [5.41, 5.74) is 0. The molecular formula is C14H22N2O3. The van der Waals surface area contributed by atoms with Crippen LogP contribution in [0.2, 0.25) is 0 Å². The molecule has 1 atom stereocenters. The van der Waals surface area contributed by atoms with E-state index in [9.17, 15) is 4.79 Å². The second-order valence-corrected chi connectivity index (χ2v) is 4.97. The number of aromatic carboxylic acids is 1. The van der Waals surface area contributed by atoms with Gasteiger partial charge in [0.1, 0.15) is 5.76 Å². The Morgan fingerprint density at radius 3 is 2.79 bits per heavy atom. The number of nitrogens with zero attached hydrogens (tertiary/aromatic N) is 2. The largest absolute Gasteiger partial charge is 0.475 e. The Hall–Kier alpha value is -1.33. The van der Waals surface area contributed by atoms with Crippen molar-refractivity contribution in [3.8, 4) is 0 Å². The number of carboxylic acids is 1. The Bertz CT molecular complexity index is 426. The van der Waals surface area contributed by atoms with Gasteiger partial charge in [-0.1, -0.05) is 13.8 Å². The maximum Gasteiger partial charge on any atom is 0.371 e. The van der Waals surface area contributed by atoms with Crippen LogP contribution in [0.1, 0.15) is 36.6 Å². The maximum absolute atomic E-state index is 10.8. The summed E-state index contributed by atoms with van der Waals surface area (Å²) in [6, 6.07) is 3.90.